The predicted molar refractivity (Wildman–Crippen MR) is 145 cm³/mol. The van der Waals surface area contributed by atoms with E-state index in [0.717, 1.165) is 24.3 Å². The second-order valence-corrected chi connectivity index (χ2v) is 10.2. The standard InChI is InChI=1S/C30H34N4O4/c1-20(2)22-9-11-23(12-10-22)27-26(29(36)30(37)33(27)14-13-32-15-17-38-18-16-32)28(35)25-19-31-34(21(25)3)24-7-5-4-6-8-24/h4-12,19-20,27,35H,13-18H2,1-3H3/b28-26+/t27-/m0/s1. The van der Waals surface area contributed by atoms with Crippen molar-refractivity contribution in [1.82, 2.24) is 19.6 Å². The molecule has 2 aromatic carbocycles. The molecule has 0 unspecified atom stereocenters. The lowest BCUT2D eigenvalue weighted by Crippen LogP contribution is -2.42. The number of aliphatic hydroxyl groups excluding tert-OH is 1. The number of aliphatic hydroxyl groups is 1. The highest BCUT2D eigenvalue weighted by Crippen LogP contribution is 2.40. The average molecular weight is 515 g/mol. The molecule has 3 aromatic rings. The van der Waals surface area contributed by atoms with Crippen LogP contribution in [0.1, 0.15) is 48.2 Å². The number of aromatic nitrogens is 2. The minimum absolute atomic E-state index is 0.102. The number of hydrogen-bond acceptors (Lipinski definition) is 6. The Balaban J connectivity index is 1.56. The third kappa shape index (κ3) is 4.89. The smallest absolute Gasteiger partial charge is 0.295 e. The van der Waals surface area contributed by atoms with Crippen molar-refractivity contribution < 1.29 is 19.4 Å². The van der Waals surface area contributed by atoms with Gasteiger partial charge >= 0.3 is 0 Å². The molecule has 5 rings (SSSR count). The van der Waals surface area contributed by atoms with Gasteiger partial charge in [-0.2, -0.15) is 5.10 Å². The highest BCUT2D eigenvalue weighted by atomic mass is 16.5. The fraction of sp³-hybridized carbons (Fsp3) is 0.367. The topological polar surface area (TPSA) is 87.9 Å². The fourth-order valence-electron chi connectivity index (χ4n) is 5.21. The highest BCUT2D eigenvalue weighted by molar-refractivity contribution is 6.46. The van der Waals surface area contributed by atoms with E-state index in [2.05, 4.69) is 23.8 Å². The molecule has 2 fully saturated rings. The lowest BCUT2D eigenvalue weighted by molar-refractivity contribution is -0.140. The van der Waals surface area contributed by atoms with Gasteiger partial charge in [0.2, 0.25) is 0 Å². The maximum atomic E-state index is 13.5. The summed E-state index contributed by atoms with van der Waals surface area (Å²) in [6.07, 6.45) is 1.55. The number of ether oxygens (including phenoxy) is 1. The first kappa shape index (κ1) is 25.9. The van der Waals surface area contributed by atoms with Crippen molar-refractivity contribution in [2.75, 3.05) is 39.4 Å². The van der Waals surface area contributed by atoms with Gasteiger partial charge in [0.1, 0.15) is 5.76 Å². The van der Waals surface area contributed by atoms with Gasteiger partial charge in [-0.1, -0.05) is 56.3 Å². The van der Waals surface area contributed by atoms with E-state index < -0.39 is 17.7 Å². The van der Waals surface area contributed by atoms with Gasteiger partial charge in [-0.05, 0) is 36.1 Å². The molecular weight excluding hydrogens is 480 g/mol. The van der Waals surface area contributed by atoms with Crippen LogP contribution in [-0.2, 0) is 14.3 Å². The predicted octanol–water partition coefficient (Wildman–Crippen LogP) is 4.06. The molecule has 1 aromatic heterocycles. The van der Waals surface area contributed by atoms with Crippen LogP contribution < -0.4 is 0 Å². The molecule has 0 radical (unpaired) electrons. The monoisotopic (exact) mass is 514 g/mol. The van der Waals surface area contributed by atoms with Crippen LogP contribution in [0.4, 0.5) is 0 Å². The number of carbonyl (C=O) groups is 2. The van der Waals surface area contributed by atoms with Gasteiger partial charge in [0, 0.05) is 26.2 Å². The molecule has 8 nitrogen and oxygen atoms in total. The van der Waals surface area contributed by atoms with E-state index in [-0.39, 0.29) is 11.3 Å². The number of benzene rings is 2. The molecule has 0 saturated carbocycles. The van der Waals surface area contributed by atoms with Gasteiger partial charge in [0.25, 0.3) is 11.7 Å². The van der Waals surface area contributed by atoms with Crippen LogP contribution in [0.2, 0.25) is 0 Å². The largest absolute Gasteiger partial charge is 0.507 e. The Bertz CT molecular complexity index is 1340. The molecular formula is C30H34N4O4. The van der Waals surface area contributed by atoms with Crippen molar-refractivity contribution >= 4 is 17.4 Å². The van der Waals surface area contributed by atoms with Crippen molar-refractivity contribution in [3.63, 3.8) is 0 Å². The van der Waals surface area contributed by atoms with Gasteiger partial charge in [0.15, 0.2) is 0 Å². The Morgan fingerprint density at radius 1 is 1.03 bits per heavy atom. The zero-order valence-electron chi connectivity index (χ0n) is 22.1. The average Bonchev–Trinajstić information content (AvgIpc) is 3.45. The van der Waals surface area contributed by atoms with Gasteiger partial charge in [0.05, 0.1) is 48.0 Å². The third-order valence-electron chi connectivity index (χ3n) is 7.49. The quantitative estimate of drug-likeness (QED) is 0.291. The van der Waals surface area contributed by atoms with Crippen molar-refractivity contribution in [2.45, 2.75) is 32.7 Å². The molecule has 198 valence electrons. The van der Waals surface area contributed by atoms with Crippen molar-refractivity contribution in [3.8, 4) is 5.69 Å². The van der Waals surface area contributed by atoms with E-state index >= 15 is 0 Å². The Hall–Kier alpha value is -3.75. The first-order valence-corrected chi connectivity index (χ1v) is 13.2. The fourth-order valence-corrected chi connectivity index (χ4v) is 5.21. The summed E-state index contributed by atoms with van der Waals surface area (Å²) in [4.78, 5) is 30.7. The second-order valence-electron chi connectivity index (χ2n) is 10.2. The van der Waals surface area contributed by atoms with Crippen molar-refractivity contribution in [1.29, 1.82) is 0 Å². The van der Waals surface area contributed by atoms with Crippen LogP contribution in [0.15, 0.2) is 66.4 Å². The van der Waals surface area contributed by atoms with Crippen LogP contribution in [0.25, 0.3) is 11.4 Å². The minimum Gasteiger partial charge on any atom is -0.507 e. The summed E-state index contributed by atoms with van der Waals surface area (Å²) >= 11 is 0. The summed E-state index contributed by atoms with van der Waals surface area (Å²) in [6, 6.07) is 16.9. The van der Waals surface area contributed by atoms with Crippen molar-refractivity contribution in [3.05, 3.63) is 88.8 Å². The summed E-state index contributed by atoms with van der Waals surface area (Å²) in [5, 5.41) is 16.0. The number of ketones is 1. The lowest BCUT2D eigenvalue weighted by Gasteiger charge is -2.31. The number of Topliss-reactive ketones (excluding diaryl/α,β-unsaturated/α-hetero) is 1. The number of carbonyl (C=O) groups excluding carboxylic acids is 2. The lowest BCUT2D eigenvalue weighted by atomic mass is 9.93. The van der Waals surface area contributed by atoms with Crippen molar-refractivity contribution in [2.24, 2.45) is 0 Å². The van der Waals surface area contributed by atoms with E-state index in [1.165, 1.54) is 5.56 Å². The number of amides is 1. The zero-order chi connectivity index (χ0) is 26.8. The van der Waals surface area contributed by atoms with Gasteiger partial charge in [-0.3, -0.25) is 14.5 Å². The number of rotatable bonds is 7. The molecule has 1 N–H and O–H groups in total. The number of likely N-dealkylation sites (tertiary alicyclic amines) is 1. The highest BCUT2D eigenvalue weighted by Gasteiger charge is 2.46. The van der Waals surface area contributed by atoms with Crippen LogP contribution in [0.5, 0.6) is 0 Å². The van der Waals surface area contributed by atoms with Gasteiger partial charge in [-0.25, -0.2) is 4.68 Å². The summed E-state index contributed by atoms with van der Waals surface area (Å²) < 4.78 is 7.17. The molecule has 2 saturated heterocycles. The van der Waals surface area contributed by atoms with E-state index in [1.54, 1.807) is 15.8 Å². The summed E-state index contributed by atoms with van der Waals surface area (Å²) in [5.41, 5.74) is 4.02. The Kier molecular flexibility index (Phi) is 7.44. The van der Waals surface area contributed by atoms with Crippen LogP contribution in [0.3, 0.4) is 0 Å². The molecule has 1 amide bonds. The normalized spacial score (nSPS) is 20.0. The molecule has 1 atom stereocenters. The van der Waals surface area contributed by atoms with Crippen LogP contribution in [-0.4, -0.2) is 75.8 Å². The van der Waals surface area contributed by atoms with E-state index in [0.29, 0.717) is 43.5 Å². The van der Waals surface area contributed by atoms with Gasteiger partial charge in [-0.15, -0.1) is 0 Å². The first-order chi connectivity index (χ1) is 18.4. The molecule has 3 heterocycles. The summed E-state index contributed by atoms with van der Waals surface area (Å²) in [7, 11) is 0. The molecule has 0 bridgehead atoms. The number of morpholine rings is 1. The maximum Gasteiger partial charge on any atom is 0.295 e. The molecule has 0 spiro atoms. The SMILES string of the molecule is Cc1c(/C(O)=C2\C(=O)C(=O)N(CCN3CCOCC3)[C@H]2c2ccc(C(C)C)cc2)cnn1-c1ccccc1. The third-order valence-corrected chi connectivity index (χ3v) is 7.49. The number of para-hydroxylation sites is 1. The molecule has 38 heavy (non-hydrogen) atoms. The summed E-state index contributed by atoms with van der Waals surface area (Å²) in [6.45, 7) is 9.98. The Morgan fingerprint density at radius 2 is 1.71 bits per heavy atom. The van der Waals surface area contributed by atoms with E-state index in [4.69, 9.17) is 4.74 Å². The number of hydrogen-bond donors (Lipinski definition) is 1. The molecule has 0 aliphatic carbocycles. The molecule has 2 aliphatic rings. The molecule has 2 aliphatic heterocycles. The zero-order valence-corrected chi connectivity index (χ0v) is 22.1. The maximum absolute atomic E-state index is 13.5. The minimum atomic E-state index is -0.684. The van der Waals surface area contributed by atoms with Crippen LogP contribution >= 0.6 is 0 Å². The van der Waals surface area contributed by atoms with Crippen LogP contribution in [0, 0.1) is 6.92 Å². The first-order valence-electron chi connectivity index (χ1n) is 13.2. The van der Waals surface area contributed by atoms with E-state index in [1.807, 2.05) is 61.5 Å². The Morgan fingerprint density at radius 3 is 2.37 bits per heavy atom. The Labute approximate surface area is 223 Å². The summed E-state index contributed by atoms with van der Waals surface area (Å²) in [5.74, 6) is -1.11. The second kappa shape index (κ2) is 10.9. The number of nitrogens with zero attached hydrogens (tertiary/aromatic N) is 4. The molecule has 8 heteroatoms. The van der Waals surface area contributed by atoms with E-state index in [9.17, 15) is 14.7 Å². The van der Waals surface area contributed by atoms with Gasteiger partial charge < -0.3 is 14.7 Å².